The van der Waals surface area contributed by atoms with Crippen LogP contribution >= 0.6 is 0 Å². The molecule has 1 fully saturated rings. The standard InChI is InChI=1S/C15H30N2O3/c1-15(2,3)12(6-7-16)4-5-14(19)17-8-9-20-11-13(17)10-18/h12-13,18H,4-11,16H2,1-3H3. The van der Waals surface area contributed by atoms with Crippen LogP contribution in [0.5, 0.6) is 0 Å². The first kappa shape index (κ1) is 17.4. The molecule has 1 aliphatic heterocycles. The van der Waals surface area contributed by atoms with Crippen molar-refractivity contribution in [1.29, 1.82) is 0 Å². The molecule has 0 aromatic carbocycles. The zero-order valence-electron chi connectivity index (χ0n) is 13.1. The Balaban J connectivity index is 2.51. The van der Waals surface area contributed by atoms with Crippen LogP contribution in [0.2, 0.25) is 0 Å². The summed E-state index contributed by atoms with van der Waals surface area (Å²) in [5.41, 5.74) is 5.84. The van der Waals surface area contributed by atoms with Crippen molar-refractivity contribution in [2.24, 2.45) is 17.1 Å². The van der Waals surface area contributed by atoms with E-state index in [0.29, 0.717) is 38.6 Å². The molecule has 0 aromatic rings. The van der Waals surface area contributed by atoms with Gasteiger partial charge < -0.3 is 20.5 Å². The van der Waals surface area contributed by atoms with Gasteiger partial charge in [0, 0.05) is 13.0 Å². The molecule has 2 atom stereocenters. The third kappa shape index (κ3) is 5.04. The highest BCUT2D eigenvalue weighted by atomic mass is 16.5. The number of rotatable bonds is 6. The minimum Gasteiger partial charge on any atom is -0.394 e. The van der Waals surface area contributed by atoms with Crippen molar-refractivity contribution in [1.82, 2.24) is 4.90 Å². The Labute approximate surface area is 122 Å². The van der Waals surface area contributed by atoms with Crippen LogP contribution in [0.25, 0.3) is 0 Å². The number of carbonyl (C=O) groups is 1. The highest BCUT2D eigenvalue weighted by Crippen LogP contribution is 2.32. The Morgan fingerprint density at radius 2 is 2.15 bits per heavy atom. The highest BCUT2D eigenvalue weighted by Gasteiger charge is 2.29. The second kappa shape index (κ2) is 7.96. The predicted octanol–water partition coefficient (Wildman–Crippen LogP) is 0.997. The minimum absolute atomic E-state index is 0.0305. The number of aliphatic hydroxyl groups excluding tert-OH is 1. The van der Waals surface area contributed by atoms with Gasteiger partial charge in [0.25, 0.3) is 0 Å². The Hall–Kier alpha value is -0.650. The van der Waals surface area contributed by atoms with Gasteiger partial charge in [0.2, 0.25) is 5.91 Å². The fourth-order valence-corrected chi connectivity index (χ4v) is 2.79. The second-order valence-corrected chi connectivity index (χ2v) is 6.68. The van der Waals surface area contributed by atoms with Crippen LogP contribution in [0.4, 0.5) is 0 Å². The smallest absolute Gasteiger partial charge is 0.223 e. The van der Waals surface area contributed by atoms with Crippen LogP contribution in [-0.2, 0) is 9.53 Å². The molecule has 118 valence electrons. The molecule has 0 spiro atoms. The lowest BCUT2D eigenvalue weighted by atomic mass is 9.76. The molecule has 3 N–H and O–H groups in total. The summed E-state index contributed by atoms with van der Waals surface area (Å²) in [6.07, 6.45) is 2.33. The molecule has 1 rings (SSSR count). The first-order chi connectivity index (χ1) is 9.40. The van der Waals surface area contributed by atoms with Crippen molar-refractivity contribution in [2.75, 3.05) is 32.9 Å². The van der Waals surface area contributed by atoms with Crippen molar-refractivity contribution in [3.8, 4) is 0 Å². The quantitative estimate of drug-likeness (QED) is 0.764. The van der Waals surface area contributed by atoms with E-state index in [-0.39, 0.29) is 24.0 Å². The molecular weight excluding hydrogens is 256 g/mol. The summed E-state index contributed by atoms with van der Waals surface area (Å²) in [6, 6.07) is -0.182. The minimum atomic E-state index is -0.182. The van der Waals surface area contributed by atoms with Gasteiger partial charge >= 0.3 is 0 Å². The van der Waals surface area contributed by atoms with Crippen molar-refractivity contribution in [3.05, 3.63) is 0 Å². The predicted molar refractivity (Wildman–Crippen MR) is 79.3 cm³/mol. The second-order valence-electron chi connectivity index (χ2n) is 6.68. The Morgan fingerprint density at radius 1 is 1.45 bits per heavy atom. The number of hydrogen-bond acceptors (Lipinski definition) is 4. The van der Waals surface area contributed by atoms with E-state index in [4.69, 9.17) is 10.5 Å². The van der Waals surface area contributed by atoms with Gasteiger partial charge in [-0.3, -0.25) is 4.79 Å². The lowest BCUT2D eigenvalue weighted by Crippen LogP contribution is -2.50. The van der Waals surface area contributed by atoms with Gasteiger partial charge in [-0.25, -0.2) is 0 Å². The molecule has 0 aliphatic carbocycles. The summed E-state index contributed by atoms with van der Waals surface area (Å²) >= 11 is 0. The maximum Gasteiger partial charge on any atom is 0.223 e. The van der Waals surface area contributed by atoms with Gasteiger partial charge in [0.05, 0.1) is 25.9 Å². The van der Waals surface area contributed by atoms with Gasteiger partial charge in [0.1, 0.15) is 0 Å². The summed E-state index contributed by atoms with van der Waals surface area (Å²) in [4.78, 5) is 14.1. The Morgan fingerprint density at radius 3 is 2.70 bits per heavy atom. The summed E-state index contributed by atoms with van der Waals surface area (Å²) in [5, 5.41) is 9.31. The van der Waals surface area contributed by atoms with E-state index in [0.717, 1.165) is 12.8 Å². The normalized spacial score (nSPS) is 21.9. The number of carbonyl (C=O) groups excluding carboxylic acids is 1. The molecule has 2 unspecified atom stereocenters. The number of nitrogens with zero attached hydrogens (tertiary/aromatic N) is 1. The number of aliphatic hydroxyl groups is 1. The molecule has 5 nitrogen and oxygen atoms in total. The monoisotopic (exact) mass is 286 g/mol. The summed E-state index contributed by atoms with van der Waals surface area (Å²) in [7, 11) is 0. The molecule has 1 aliphatic rings. The van der Waals surface area contributed by atoms with Gasteiger partial charge in [-0.1, -0.05) is 20.8 Å². The number of hydrogen-bond donors (Lipinski definition) is 2. The largest absolute Gasteiger partial charge is 0.394 e. The van der Waals surface area contributed by atoms with E-state index in [1.54, 1.807) is 4.90 Å². The van der Waals surface area contributed by atoms with Gasteiger partial charge in [-0.2, -0.15) is 0 Å². The first-order valence-electron chi connectivity index (χ1n) is 7.58. The number of ether oxygens (including phenoxy) is 1. The molecule has 0 saturated carbocycles. The van der Waals surface area contributed by atoms with Gasteiger partial charge in [-0.05, 0) is 30.7 Å². The van der Waals surface area contributed by atoms with Crippen LogP contribution in [0.1, 0.15) is 40.0 Å². The molecule has 1 saturated heterocycles. The zero-order chi connectivity index (χ0) is 15.2. The maximum atomic E-state index is 12.3. The van der Waals surface area contributed by atoms with Crippen LogP contribution in [0.15, 0.2) is 0 Å². The van der Waals surface area contributed by atoms with Crippen LogP contribution in [-0.4, -0.2) is 54.9 Å². The van der Waals surface area contributed by atoms with E-state index < -0.39 is 0 Å². The van der Waals surface area contributed by atoms with Gasteiger partial charge in [0.15, 0.2) is 0 Å². The van der Waals surface area contributed by atoms with Gasteiger partial charge in [-0.15, -0.1) is 0 Å². The Bertz CT molecular complexity index is 302. The fraction of sp³-hybridized carbons (Fsp3) is 0.933. The van der Waals surface area contributed by atoms with Crippen molar-refractivity contribution >= 4 is 5.91 Å². The molecule has 0 bridgehead atoms. The van der Waals surface area contributed by atoms with E-state index in [1.807, 2.05) is 0 Å². The fourth-order valence-electron chi connectivity index (χ4n) is 2.79. The van der Waals surface area contributed by atoms with Crippen molar-refractivity contribution < 1.29 is 14.6 Å². The highest BCUT2D eigenvalue weighted by molar-refractivity contribution is 5.76. The van der Waals surface area contributed by atoms with E-state index in [1.165, 1.54) is 0 Å². The molecule has 5 heteroatoms. The number of amides is 1. The lowest BCUT2D eigenvalue weighted by molar-refractivity contribution is -0.142. The number of nitrogens with two attached hydrogens (primary N) is 1. The molecule has 1 heterocycles. The van der Waals surface area contributed by atoms with Crippen molar-refractivity contribution in [3.63, 3.8) is 0 Å². The maximum absolute atomic E-state index is 12.3. The average molecular weight is 286 g/mol. The topological polar surface area (TPSA) is 75.8 Å². The third-order valence-corrected chi connectivity index (χ3v) is 4.21. The van der Waals surface area contributed by atoms with Crippen LogP contribution < -0.4 is 5.73 Å². The average Bonchev–Trinajstić information content (AvgIpc) is 2.41. The zero-order valence-corrected chi connectivity index (χ0v) is 13.1. The number of morpholine rings is 1. The van der Waals surface area contributed by atoms with Crippen LogP contribution in [0.3, 0.4) is 0 Å². The van der Waals surface area contributed by atoms with E-state index >= 15 is 0 Å². The van der Waals surface area contributed by atoms with E-state index in [9.17, 15) is 9.90 Å². The molecule has 1 amide bonds. The van der Waals surface area contributed by atoms with Crippen LogP contribution in [0, 0.1) is 11.3 Å². The molecule has 20 heavy (non-hydrogen) atoms. The lowest BCUT2D eigenvalue weighted by Gasteiger charge is -2.36. The summed E-state index contributed by atoms with van der Waals surface area (Å²) in [5.74, 6) is 0.573. The SMILES string of the molecule is CC(C)(C)C(CCN)CCC(=O)N1CCOCC1CO. The third-order valence-electron chi connectivity index (χ3n) is 4.21. The molecular formula is C15H30N2O3. The summed E-state index contributed by atoms with van der Waals surface area (Å²) in [6.45, 7) is 8.81. The Kier molecular flexibility index (Phi) is 6.92. The first-order valence-corrected chi connectivity index (χ1v) is 7.58. The van der Waals surface area contributed by atoms with Crippen molar-refractivity contribution in [2.45, 2.75) is 46.1 Å². The molecule has 0 radical (unpaired) electrons. The summed E-state index contributed by atoms with van der Waals surface area (Å²) < 4.78 is 5.30. The molecule has 0 aromatic heterocycles. The van der Waals surface area contributed by atoms with E-state index in [2.05, 4.69) is 20.8 Å².